The fourth-order valence-corrected chi connectivity index (χ4v) is 1.83. The molecule has 5 nitrogen and oxygen atoms in total. The average molecular weight is 239 g/mol. The monoisotopic (exact) mass is 239 g/mol. The number of carbonyl (C=O) groups excluding carboxylic acids is 1. The zero-order valence-electron chi connectivity index (χ0n) is 9.44. The molecule has 0 aliphatic carbocycles. The number of carbonyl (C=O) groups is 1. The first-order valence-electron chi connectivity index (χ1n) is 5.35. The topological polar surface area (TPSA) is 63.2 Å². The molecule has 1 aromatic rings. The molecular formula is C11H14FN3O2. The van der Waals surface area contributed by atoms with E-state index in [4.69, 9.17) is 4.74 Å². The minimum Gasteiger partial charge on any atom is -0.378 e. The van der Waals surface area contributed by atoms with Crippen LogP contribution in [0.4, 0.5) is 4.39 Å². The molecule has 1 aliphatic rings. The Balaban J connectivity index is 2.01. The van der Waals surface area contributed by atoms with Gasteiger partial charge in [0.1, 0.15) is 5.82 Å². The highest BCUT2D eigenvalue weighted by atomic mass is 19.1. The number of rotatable bonds is 3. The lowest BCUT2D eigenvalue weighted by atomic mass is 10.2. The SMILES string of the molecule is CO[C@H]1CNC[C@@H]1NC(=O)c1cncc(F)c1. The summed E-state index contributed by atoms with van der Waals surface area (Å²) in [5.41, 5.74) is 0.215. The third-order valence-electron chi connectivity index (χ3n) is 2.74. The van der Waals surface area contributed by atoms with E-state index in [1.54, 1.807) is 7.11 Å². The van der Waals surface area contributed by atoms with Gasteiger partial charge in [0.15, 0.2) is 0 Å². The molecule has 17 heavy (non-hydrogen) atoms. The van der Waals surface area contributed by atoms with Crippen molar-refractivity contribution in [3.8, 4) is 0 Å². The molecule has 2 atom stereocenters. The number of nitrogens with one attached hydrogen (secondary N) is 2. The first-order valence-corrected chi connectivity index (χ1v) is 5.35. The smallest absolute Gasteiger partial charge is 0.253 e. The van der Waals surface area contributed by atoms with Crippen LogP contribution < -0.4 is 10.6 Å². The Morgan fingerprint density at radius 2 is 2.41 bits per heavy atom. The molecule has 0 radical (unpaired) electrons. The lowest BCUT2D eigenvalue weighted by molar-refractivity contribution is 0.0779. The molecule has 0 bridgehead atoms. The number of methoxy groups -OCH3 is 1. The maximum atomic E-state index is 12.9. The first-order chi connectivity index (χ1) is 8.20. The summed E-state index contributed by atoms with van der Waals surface area (Å²) in [6, 6.07) is 1.06. The molecule has 1 aromatic heterocycles. The van der Waals surface area contributed by atoms with E-state index in [1.165, 1.54) is 6.20 Å². The predicted octanol–water partition coefficient (Wildman–Crippen LogP) is -0.0627. The van der Waals surface area contributed by atoms with Gasteiger partial charge in [-0.15, -0.1) is 0 Å². The maximum Gasteiger partial charge on any atom is 0.253 e. The molecule has 0 unspecified atom stereocenters. The van der Waals surface area contributed by atoms with Crippen molar-refractivity contribution in [1.82, 2.24) is 15.6 Å². The molecule has 0 aromatic carbocycles. The minimum atomic E-state index is -0.523. The van der Waals surface area contributed by atoms with Gasteiger partial charge >= 0.3 is 0 Å². The third-order valence-corrected chi connectivity index (χ3v) is 2.74. The number of hydrogen-bond donors (Lipinski definition) is 2. The van der Waals surface area contributed by atoms with Gasteiger partial charge < -0.3 is 15.4 Å². The summed E-state index contributed by atoms with van der Waals surface area (Å²) >= 11 is 0. The van der Waals surface area contributed by atoms with Gasteiger partial charge in [-0.2, -0.15) is 0 Å². The van der Waals surface area contributed by atoms with Gasteiger partial charge in [0.2, 0.25) is 0 Å². The van der Waals surface area contributed by atoms with E-state index in [0.29, 0.717) is 13.1 Å². The van der Waals surface area contributed by atoms with Crippen LogP contribution in [0, 0.1) is 5.82 Å². The highest BCUT2D eigenvalue weighted by molar-refractivity contribution is 5.94. The zero-order chi connectivity index (χ0) is 12.3. The van der Waals surface area contributed by atoms with Crippen molar-refractivity contribution in [2.24, 2.45) is 0 Å². The quantitative estimate of drug-likeness (QED) is 0.775. The van der Waals surface area contributed by atoms with Crippen LogP contribution in [0.25, 0.3) is 0 Å². The fraction of sp³-hybridized carbons (Fsp3) is 0.455. The van der Waals surface area contributed by atoms with E-state index in [1.807, 2.05) is 0 Å². The van der Waals surface area contributed by atoms with Crippen LogP contribution in [0.15, 0.2) is 18.5 Å². The fourth-order valence-electron chi connectivity index (χ4n) is 1.83. The highest BCUT2D eigenvalue weighted by Gasteiger charge is 2.28. The zero-order valence-corrected chi connectivity index (χ0v) is 9.44. The van der Waals surface area contributed by atoms with Gasteiger partial charge in [-0.05, 0) is 6.07 Å². The third kappa shape index (κ3) is 2.78. The van der Waals surface area contributed by atoms with Crippen molar-refractivity contribution < 1.29 is 13.9 Å². The lowest BCUT2D eigenvalue weighted by Crippen LogP contribution is -2.43. The van der Waals surface area contributed by atoms with E-state index in [0.717, 1.165) is 12.3 Å². The van der Waals surface area contributed by atoms with Crippen molar-refractivity contribution in [3.05, 3.63) is 29.8 Å². The molecule has 2 rings (SSSR count). The largest absolute Gasteiger partial charge is 0.378 e. The van der Waals surface area contributed by atoms with Crippen LogP contribution in [-0.2, 0) is 4.74 Å². The van der Waals surface area contributed by atoms with E-state index in [9.17, 15) is 9.18 Å². The maximum absolute atomic E-state index is 12.9. The highest BCUT2D eigenvalue weighted by Crippen LogP contribution is 2.06. The molecule has 6 heteroatoms. The van der Waals surface area contributed by atoms with Gasteiger partial charge in [0, 0.05) is 26.4 Å². The van der Waals surface area contributed by atoms with E-state index < -0.39 is 5.82 Å². The summed E-state index contributed by atoms with van der Waals surface area (Å²) in [4.78, 5) is 15.4. The second-order valence-electron chi connectivity index (χ2n) is 3.90. The molecule has 1 aliphatic heterocycles. The van der Waals surface area contributed by atoms with Gasteiger partial charge in [-0.1, -0.05) is 0 Å². The summed E-state index contributed by atoms with van der Waals surface area (Å²) in [5, 5.41) is 5.90. The van der Waals surface area contributed by atoms with E-state index >= 15 is 0 Å². The summed E-state index contributed by atoms with van der Waals surface area (Å²) < 4.78 is 18.1. The molecule has 1 fully saturated rings. The summed E-state index contributed by atoms with van der Waals surface area (Å²) in [6.45, 7) is 1.34. The Bertz CT molecular complexity index is 413. The van der Waals surface area contributed by atoms with Crippen LogP contribution in [-0.4, -0.2) is 43.2 Å². The molecule has 1 amide bonds. The Hall–Kier alpha value is -1.53. The molecule has 1 saturated heterocycles. The number of ether oxygens (including phenoxy) is 1. The predicted molar refractivity (Wildman–Crippen MR) is 59.1 cm³/mol. The van der Waals surface area contributed by atoms with Crippen LogP contribution in [0.3, 0.4) is 0 Å². The van der Waals surface area contributed by atoms with Crippen molar-refractivity contribution in [2.75, 3.05) is 20.2 Å². The molecule has 2 N–H and O–H groups in total. The van der Waals surface area contributed by atoms with Crippen molar-refractivity contribution in [1.29, 1.82) is 0 Å². The summed E-state index contributed by atoms with van der Waals surface area (Å²) in [5.74, 6) is -0.863. The molecule has 0 saturated carbocycles. The second-order valence-corrected chi connectivity index (χ2v) is 3.90. The Kier molecular flexibility index (Phi) is 3.65. The van der Waals surface area contributed by atoms with Crippen LogP contribution >= 0.6 is 0 Å². The second kappa shape index (κ2) is 5.20. The van der Waals surface area contributed by atoms with Crippen molar-refractivity contribution in [2.45, 2.75) is 12.1 Å². The van der Waals surface area contributed by atoms with Crippen LogP contribution in [0.5, 0.6) is 0 Å². The molecule has 92 valence electrons. The van der Waals surface area contributed by atoms with Crippen molar-refractivity contribution >= 4 is 5.91 Å². The number of aromatic nitrogens is 1. The number of nitrogens with zero attached hydrogens (tertiary/aromatic N) is 1. The minimum absolute atomic E-state index is 0.0551. The van der Waals surface area contributed by atoms with E-state index in [2.05, 4.69) is 15.6 Å². The molecule has 0 spiro atoms. The number of halogens is 1. The lowest BCUT2D eigenvalue weighted by Gasteiger charge is -2.18. The van der Waals surface area contributed by atoms with Gasteiger partial charge in [-0.25, -0.2) is 4.39 Å². The number of hydrogen-bond acceptors (Lipinski definition) is 4. The van der Waals surface area contributed by atoms with Gasteiger partial charge in [0.05, 0.1) is 23.9 Å². The Morgan fingerprint density at radius 1 is 1.59 bits per heavy atom. The van der Waals surface area contributed by atoms with Gasteiger partial charge in [-0.3, -0.25) is 9.78 Å². The normalized spacial score (nSPS) is 23.6. The van der Waals surface area contributed by atoms with Crippen LogP contribution in [0.2, 0.25) is 0 Å². The number of amides is 1. The average Bonchev–Trinajstić information content (AvgIpc) is 2.76. The van der Waals surface area contributed by atoms with Gasteiger partial charge in [0.25, 0.3) is 5.91 Å². The summed E-state index contributed by atoms with van der Waals surface area (Å²) in [7, 11) is 1.60. The standard InChI is InChI=1S/C11H14FN3O2/c1-17-10-6-14-5-9(10)15-11(16)7-2-8(12)4-13-3-7/h2-4,9-10,14H,5-6H2,1H3,(H,15,16)/t9-,10-/m0/s1. The van der Waals surface area contributed by atoms with Crippen LogP contribution in [0.1, 0.15) is 10.4 Å². The Morgan fingerprint density at radius 3 is 3.12 bits per heavy atom. The van der Waals surface area contributed by atoms with E-state index in [-0.39, 0.29) is 23.6 Å². The first kappa shape index (κ1) is 11.9. The molecule has 2 heterocycles. The summed E-state index contributed by atoms with van der Waals surface area (Å²) in [6.07, 6.45) is 2.34. The molecular weight excluding hydrogens is 225 g/mol. The number of pyridine rings is 1. The van der Waals surface area contributed by atoms with Crippen molar-refractivity contribution in [3.63, 3.8) is 0 Å². The Labute approximate surface area is 98.4 Å².